The highest BCUT2D eigenvalue weighted by atomic mass is 35.5. The van der Waals surface area contributed by atoms with E-state index in [0.29, 0.717) is 28.6 Å². The van der Waals surface area contributed by atoms with E-state index in [1.807, 2.05) is 12.1 Å². The van der Waals surface area contributed by atoms with Gasteiger partial charge in [0, 0.05) is 30.4 Å². The van der Waals surface area contributed by atoms with Crippen LogP contribution in [-0.4, -0.2) is 48.8 Å². The van der Waals surface area contributed by atoms with Gasteiger partial charge >= 0.3 is 0 Å². The van der Waals surface area contributed by atoms with Gasteiger partial charge in [-0.2, -0.15) is 5.10 Å². The van der Waals surface area contributed by atoms with Crippen molar-refractivity contribution in [2.45, 2.75) is 25.7 Å². The number of unbranched alkanes of at least 4 members (excludes halogenated alkanes) is 2. The SMILES string of the molecule is COc1cc(C(=O)N(C)CCCCCc2cc(-c3cccc(F)c3)n[nH]2)cc(Cl)c1OC. The van der Waals surface area contributed by atoms with Crippen molar-refractivity contribution in [3.63, 3.8) is 0 Å². The van der Waals surface area contributed by atoms with Gasteiger partial charge in [0.25, 0.3) is 5.91 Å². The number of aryl methyl sites for hydroxylation is 1. The molecule has 0 fully saturated rings. The predicted molar refractivity (Wildman–Crippen MR) is 123 cm³/mol. The third-order valence-electron chi connectivity index (χ3n) is 5.22. The molecule has 3 aromatic rings. The molecule has 1 amide bonds. The smallest absolute Gasteiger partial charge is 0.253 e. The lowest BCUT2D eigenvalue weighted by Gasteiger charge is -2.18. The number of aromatic amines is 1. The molecule has 0 saturated heterocycles. The second-order valence-electron chi connectivity index (χ2n) is 7.52. The summed E-state index contributed by atoms with van der Waals surface area (Å²) in [6.45, 7) is 0.627. The minimum absolute atomic E-state index is 0.124. The Morgan fingerprint density at radius 1 is 1.12 bits per heavy atom. The number of carbonyl (C=O) groups excluding carboxylic acids is 1. The van der Waals surface area contributed by atoms with Crippen LogP contribution in [0.2, 0.25) is 5.02 Å². The summed E-state index contributed by atoms with van der Waals surface area (Å²) in [4.78, 5) is 14.4. The van der Waals surface area contributed by atoms with E-state index in [4.69, 9.17) is 21.1 Å². The average molecular weight is 460 g/mol. The zero-order valence-electron chi connectivity index (χ0n) is 18.5. The first-order chi connectivity index (χ1) is 15.4. The molecule has 6 nitrogen and oxygen atoms in total. The van der Waals surface area contributed by atoms with Gasteiger partial charge in [0.1, 0.15) is 5.82 Å². The van der Waals surface area contributed by atoms with Crippen LogP contribution >= 0.6 is 11.6 Å². The second kappa shape index (κ2) is 11.0. The van der Waals surface area contributed by atoms with Crippen LogP contribution in [0.4, 0.5) is 4.39 Å². The summed E-state index contributed by atoms with van der Waals surface area (Å²) in [6.07, 6.45) is 3.62. The van der Waals surface area contributed by atoms with Gasteiger partial charge in [-0.1, -0.05) is 30.2 Å². The van der Waals surface area contributed by atoms with Crippen molar-refractivity contribution in [2.24, 2.45) is 0 Å². The Morgan fingerprint density at radius 3 is 2.66 bits per heavy atom. The van der Waals surface area contributed by atoms with E-state index < -0.39 is 0 Å². The number of nitrogens with one attached hydrogen (secondary N) is 1. The standard InChI is InChI=1S/C24H27ClFN3O3/c1-29(24(30)17-13-20(25)23(32-3)22(14-17)31-2)11-6-4-5-10-19-15-21(28-27-19)16-8-7-9-18(26)12-16/h7-9,12-15H,4-6,10-11H2,1-3H3,(H,27,28). The van der Waals surface area contributed by atoms with E-state index >= 15 is 0 Å². The molecule has 170 valence electrons. The highest BCUT2D eigenvalue weighted by Gasteiger charge is 2.17. The van der Waals surface area contributed by atoms with E-state index in [-0.39, 0.29) is 11.7 Å². The van der Waals surface area contributed by atoms with Crippen molar-refractivity contribution in [3.8, 4) is 22.8 Å². The van der Waals surface area contributed by atoms with Crippen LogP contribution < -0.4 is 9.47 Å². The van der Waals surface area contributed by atoms with Crippen molar-refractivity contribution in [2.75, 3.05) is 27.8 Å². The van der Waals surface area contributed by atoms with Gasteiger partial charge in [-0.25, -0.2) is 4.39 Å². The number of methoxy groups -OCH3 is 2. The van der Waals surface area contributed by atoms with Crippen LogP contribution in [0.3, 0.4) is 0 Å². The van der Waals surface area contributed by atoms with Crippen LogP contribution in [-0.2, 0) is 6.42 Å². The van der Waals surface area contributed by atoms with Crippen LogP contribution in [0, 0.1) is 5.82 Å². The third-order valence-corrected chi connectivity index (χ3v) is 5.50. The second-order valence-corrected chi connectivity index (χ2v) is 7.93. The van der Waals surface area contributed by atoms with E-state index in [1.54, 1.807) is 30.1 Å². The van der Waals surface area contributed by atoms with Crippen LogP contribution in [0.5, 0.6) is 11.5 Å². The molecular formula is C24H27ClFN3O3. The average Bonchev–Trinajstić information content (AvgIpc) is 3.26. The molecule has 3 rings (SSSR count). The number of halogens is 2. The number of amides is 1. The number of nitrogens with zero attached hydrogens (tertiary/aromatic N) is 2. The molecule has 2 aromatic carbocycles. The molecule has 8 heteroatoms. The van der Waals surface area contributed by atoms with Crippen molar-refractivity contribution < 1.29 is 18.7 Å². The number of aromatic nitrogens is 2. The summed E-state index contributed by atoms with van der Waals surface area (Å²) in [6, 6.07) is 11.6. The third kappa shape index (κ3) is 5.79. The van der Waals surface area contributed by atoms with Crippen LogP contribution in [0.15, 0.2) is 42.5 Å². The fourth-order valence-corrected chi connectivity index (χ4v) is 3.78. The quantitative estimate of drug-likeness (QED) is 0.414. The van der Waals surface area contributed by atoms with Crippen molar-refractivity contribution in [3.05, 3.63) is 64.6 Å². The minimum Gasteiger partial charge on any atom is -0.493 e. The van der Waals surface area contributed by atoms with Crippen LogP contribution in [0.25, 0.3) is 11.3 Å². The Bertz CT molecular complexity index is 1070. The molecule has 32 heavy (non-hydrogen) atoms. The molecule has 0 saturated carbocycles. The van der Waals surface area contributed by atoms with Gasteiger partial charge in [0.2, 0.25) is 0 Å². The molecule has 0 radical (unpaired) electrons. The molecule has 0 aliphatic carbocycles. The summed E-state index contributed by atoms with van der Waals surface area (Å²) < 4.78 is 23.9. The Balaban J connectivity index is 1.46. The largest absolute Gasteiger partial charge is 0.493 e. The molecule has 0 unspecified atom stereocenters. The van der Waals surface area contributed by atoms with Gasteiger partial charge < -0.3 is 14.4 Å². The normalized spacial score (nSPS) is 10.8. The lowest BCUT2D eigenvalue weighted by atomic mass is 10.1. The molecular weight excluding hydrogens is 433 g/mol. The summed E-state index contributed by atoms with van der Waals surface area (Å²) in [7, 11) is 4.78. The van der Waals surface area contributed by atoms with Gasteiger partial charge in [-0.05, 0) is 49.6 Å². The first kappa shape index (κ1) is 23.6. The summed E-state index contributed by atoms with van der Waals surface area (Å²) in [5, 5.41) is 7.62. The molecule has 0 spiro atoms. The van der Waals surface area contributed by atoms with E-state index in [2.05, 4.69) is 10.2 Å². The molecule has 0 aliphatic rings. The Hall–Kier alpha value is -3.06. The molecule has 1 N–H and O–H groups in total. The number of hydrogen-bond acceptors (Lipinski definition) is 4. The van der Waals surface area contributed by atoms with Crippen molar-refractivity contribution in [1.82, 2.24) is 15.1 Å². The summed E-state index contributed by atoms with van der Waals surface area (Å²) in [5.74, 6) is 0.434. The number of H-pyrrole nitrogens is 1. The maximum absolute atomic E-state index is 13.4. The van der Waals surface area contributed by atoms with Gasteiger partial charge in [-0.3, -0.25) is 9.89 Å². The van der Waals surface area contributed by atoms with Gasteiger partial charge in [0.05, 0.1) is 24.9 Å². The lowest BCUT2D eigenvalue weighted by molar-refractivity contribution is 0.0792. The molecule has 0 aliphatic heterocycles. The van der Waals surface area contributed by atoms with Crippen LogP contribution in [0.1, 0.15) is 35.3 Å². The maximum Gasteiger partial charge on any atom is 0.253 e. The fourth-order valence-electron chi connectivity index (χ4n) is 3.49. The number of ether oxygens (including phenoxy) is 2. The van der Waals surface area contributed by atoms with E-state index in [1.165, 1.54) is 26.4 Å². The first-order valence-corrected chi connectivity index (χ1v) is 10.8. The molecule has 1 heterocycles. The topological polar surface area (TPSA) is 67.5 Å². The summed E-state index contributed by atoms with van der Waals surface area (Å²) in [5.41, 5.74) is 2.95. The zero-order valence-corrected chi connectivity index (χ0v) is 19.2. The summed E-state index contributed by atoms with van der Waals surface area (Å²) >= 11 is 6.21. The zero-order chi connectivity index (χ0) is 23.1. The molecule has 0 atom stereocenters. The Morgan fingerprint density at radius 2 is 1.94 bits per heavy atom. The molecule has 1 aromatic heterocycles. The number of hydrogen-bond donors (Lipinski definition) is 1. The highest BCUT2D eigenvalue weighted by molar-refractivity contribution is 6.32. The lowest BCUT2D eigenvalue weighted by Crippen LogP contribution is -2.27. The minimum atomic E-state index is -0.277. The van der Waals surface area contributed by atoms with Crippen molar-refractivity contribution >= 4 is 17.5 Å². The number of carbonyl (C=O) groups is 1. The van der Waals surface area contributed by atoms with E-state index in [0.717, 1.165) is 42.6 Å². The molecule has 0 bridgehead atoms. The first-order valence-electron chi connectivity index (χ1n) is 10.4. The maximum atomic E-state index is 13.4. The Kier molecular flexibility index (Phi) is 8.11. The number of rotatable bonds is 10. The van der Waals surface area contributed by atoms with Gasteiger partial charge in [0.15, 0.2) is 11.5 Å². The highest BCUT2D eigenvalue weighted by Crippen LogP contribution is 2.36. The number of benzene rings is 2. The Labute approximate surface area is 192 Å². The van der Waals surface area contributed by atoms with Crippen molar-refractivity contribution in [1.29, 1.82) is 0 Å². The van der Waals surface area contributed by atoms with Gasteiger partial charge in [-0.15, -0.1) is 0 Å². The monoisotopic (exact) mass is 459 g/mol. The predicted octanol–water partition coefficient (Wildman–Crippen LogP) is 5.37. The van der Waals surface area contributed by atoms with E-state index in [9.17, 15) is 9.18 Å². The fraction of sp³-hybridized carbons (Fsp3) is 0.333.